The summed E-state index contributed by atoms with van der Waals surface area (Å²) in [5.41, 5.74) is 0. The third kappa shape index (κ3) is 2.79. The van der Waals surface area contributed by atoms with E-state index in [4.69, 9.17) is 4.84 Å². The number of hydrogen-bond acceptors (Lipinski definition) is 3. The smallest absolute Gasteiger partial charge is 0.247 e. The minimum absolute atomic E-state index is 0.0912. The van der Waals surface area contributed by atoms with Crippen LogP contribution in [0.15, 0.2) is 0 Å². The van der Waals surface area contributed by atoms with Gasteiger partial charge >= 0.3 is 0 Å². The van der Waals surface area contributed by atoms with E-state index in [0.717, 1.165) is 26.1 Å². The lowest BCUT2D eigenvalue weighted by Crippen LogP contribution is -2.29. The van der Waals surface area contributed by atoms with E-state index < -0.39 is 0 Å². The van der Waals surface area contributed by atoms with E-state index >= 15 is 0 Å². The molecule has 1 N–H and O–H groups in total. The van der Waals surface area contributed by atoms with Crippen LogP contribution in [0.1, 0.15) is 19.8 Å². The number of nitrogens with one attached hydrogen (secondary N) is 1. The second kappa shape index (κ2) is 5.11. The molecule has 1 fully saturated rings. The van der Waals surface area contributed by atoms with Crippen molar-refractivity contribution in [3.63, 3.8) is 0 Å². The summed E-state index contributed by atoms with van der Waals surface area (Å²) in [5, 5.41) is 4.57. The molecule has 0 aromatic rings. The number of hydroxylamine groups is 2. The molecule has 1 aliphatic rings. The van der Waals surface area contributed by atoms with Crippen molar-refractivity contribution >= 4 is 5.91 Å². The summed E-state index contributed by atoms with van der Waals surface area (Å²) in [6, 6.07) is 0. The van der Waals surface area contributed by atoms with E-state index in [0.29, 0.717) is 13.0 Å². The van der Waals surface area contributed by atoms with Gasteiger partial charge in [0.1, 0.15) is 0 Å². The van der Waals surface area contributed by atoms with Gasteiger partial charge in [-0.1, -0.05) is 6.92 Å². The summed E-state index contributed by atoms with van der Waals surface area (Å²) in [5.74, 6) is 0.0912. The number of amides is 1. The Morgan fingerprint density at radius 3 is 3.08 bits per heavy atom. The van der Waals surface area contributed by atoms with Crippen molar-refractivity contribution in [2.75, 3.05) is 26.2 Å². The SMILES string of the molecule is CCNCCC(=O)N1CCCO1. The van der Waals surface area contributed by atoms with E-state index in [1.165, 1.54) is 5.06 Å². The van der Waals surface area contributed by atoms with Gasteiger partial charge in [0.05, 0.1) is 13.2 Å². The van der Waals surface area contributed by atoms with E-state index in [1.807, 2.05) is 6.92 Å². The lowest BCUT2D eigenvalue weighted by atomic mass is 10.4. The Morgan fingerprint density at radius 1 is 1.67 bits per heavy atom. The summed E-state index contributed by atoms with van der Waals surface area (Å²) in [6.07, 6.45) is 1.50. The van der Waals surface area contributed by atoms with Gasteiger partial charge in [-0.15, -0.1) is 0 Å². The Bertz CT molecular complexity index is 144. The minimum Gasteiger partial charge on any atom is -0.316 e. The van der Waals surface area contributed by atoms with Gasteiger partial charge in [0.15, 0.2) is 0 Å². The van der Waals surface area contributed by atoms with Crippen LogP contribution in [-0.4, -0.2) is 37.2 Å². The normalized spacial score (nSPS) is 16.9. The summed E-state index contributed by atoms with van der Waals surface area (Å²) in [4.78, 5) is 16.4. The average molecular weight is 172 g/mol. The maximum atomic E-state index is 11.3. The molecule has 0 radical (unpaired) electrons. The van der Waals surface area contributed by atoms with Crippen LogP contribution in [0.3, 0.4) is 0 Å². The van der Waals surface area contributed by atoms with Crippen LogP contribution in [0.5, 0.6) is 0 Å². The highest BCUT2D eigenvalue weighted by Crippen LogP contribution is 2.05. The van der Waals surface area contributed by atoms with E-state index in [1.54, 1.807) is 0 Å². The summed E-state index contributed by atoms with van der Waals surface area (Å²) < 4.78 is 0. The van der Waals surface area contributed by atoms with Gasteiger partial charge in [0, 0.05) is 13.0 Å². The van der Waals surface area contributed by atoms with E-state index in [-0.39, 0.29) is 5.91 Å². The summed E-state index contributed by atoms with van der Waals surface area (Å²) in [6.45, 7) is 5.12. The second-order valence-electron chi connectivity index (χ2n) is 2.79. The predicted octanol–water partition coefficient (Wildman–Crippen LogP) is 0.150. The first kappa shape index (κ1) is 9.48. The molecule has 0 spiro atoms. The van der Waals surface area contributed by atoms with Crippen LogP contribution < -0.4 is 5.32 Å². The molecule has 1 rings (SSSR count). The van der Waals surface area contributed by atoms with Gasteiger partial charge in [0.25, 0.3) is 0 Å². The summed E-state index contributed by atoms with van der Waals surface area (Å²) in [7, 11) is 0. The molecular formula is C8H16N2O2. The molecule has 0 aliphatic carbocycles. The quantitative estimate of drug-likeness (QED) is 0.614. The Balaban J connectivity index is 2.10. The van der Waals surface area contributed by atoms with Crippen molar-refractivity contribution in [3.05, 3.63) is 0 Å². The molecule has 0 aromatic carbocycles. The van der Waals surface area contributed by atoms with Gasteiger partial charge in [-0.2, -0.15) is 0 Å². The highest BCUT2D eigenvalue weighted by atomic mass is 16.7. The third-order valence-corrected chi connectivity index (χ3v) is 1.80. The fraction of sp³-hybridized carbons (Fsp3) is 0.875. The van der Waals surface area contributed by atoms with E-state index in [2.05, 4.69) is 5.32 Å². The fourth-order valence-electron chi connectivity index (χ4n) is 1.14. The van der Waals surface area contributed by atoms with Crippen molar-refractivity contribution in [3.8, 4) is 0 Å². The number of rotatable bonds is 4. The van der Waals surface area contributed by atoms with E-state index in [9.17, 15) is 4.79 Å². The number of nitrogens with zero attached hydrogens (tertiary/aromatic N) is 1. The highest BCUT2D eigenvalue weighted by Gasteiger charge is 2.17. The largest absolute Gasteiger partial charge is 0.316 e. The van der Waals surface area contributed by atoms with Crippen molar-refractivity contribution in [1.82, 2.24) is 10.4 Å². The lowest BCUT2D eigenvalue weighted by Gasteiger charge is -2.13. The molecule has 12 heavy (non-hydrogen) atoms. The van der Waals surface area contributed by atoms with Crippen molar-refractivity contribution in [2.24, 2.45) is 0 Å². The zero-order valence-corrected chi connectivity index (χ0v) is 7.51. The van der Waals surface area contributed by atoms with Gasteiger partial charge < -0.3 is 5.32 Å². The predicted molar refractivity (Wildman–Crippen MR) is 45.4 cm³/mol. The molecule has 1 heterocycles. The monoisotopic (exact) mass is 172 g/mol. The van der Waals surface area contributed by atoms with Crippen molar-refractivity contribution < 1.29 is 9.63 Å². The number of carbonyl (C=O) groups is 1. The van der Waals surface area contributed by atoms with Crippen LogP contribution in [-0.2, 0) is 9.63 Å². The Labute approximate surface area is 72.8 Å². The lowest BCUT2D eigenvalue weighted by molar-refractivity contribution is -0.168. The van der Waals surface area contributed by atoms with Crippen LogP contribution in [0.25, 0.3) is 0 Å². The van der Waals surface area contributed by atoms with Crippen LogP contribution in [0.2, 0.25) is 0 Å². The maximum absolute atomic E-state index is 11.3. The van der Waals surface area contributed by atoms with Crippen LogP contribution in [0.4, 0.5) is 0 Å². The van der Waals surface area contributed by atoms with Crippen LogP contribution in [0, 0.1) is 0 Å². The first-order valence-electron chi connectivity index (χ1n) is 4.48. The number of carbonyl (C=O) groups excluding carboxylic acids is 1. The molecular weight excluding hydrogens is 156 g/mol. The molecule has 1 aliphatic heterocycles. The van der Waals surface area contributed by atoms with Crippen LogP contribution >= 0.6 is 0 Å². The molecule has 1 amide bonds. The average Bonchev–Trinajstić information content (AvgIpc) is 2.56. The first-order chi connectivity index (χ1) is 5.84. The van der Waals surface area contributed by atoms with Crippen molar-refractivity contribution in [2.45, 2.75) is 19.8 Å². The van der Waals surface area contributed by atoms with Gasteiger partial charge in [-0.05, 0) is 13.0 Å². The number of hydrogen-bond donors (Lipinski definition) is 1. The Morgan fingerprint density at radius 2 is 2.50 bits per heavy atom. The molecule has 0 saturated carbocycles. The molecule has 70 valence electrons. The van der Waals surface area contributed by atoms with Gasteiger partial charge in [-0.25, -0.2) is 5.06 Å². The minimum atomic E-state index is 0.0912. The Kier molecular flexibility index (Phi) is 4.04. The molecule has 0 bridgehead atoms. The molecule has 0 atom stereocenters. The topological polar surface area (TPSA) is 41.6 Å². The van der Waals surface area contributed by atoms with Gasteiger partial charge in [0.2, 0.25) is 5.91 Å². The second-order valence-corrected chi connectivity index (χ2v) is 2.79. The van der Waals surface area contributed by atoms with Gasteiger partial charge in [-0.3, -0.25) is 9.63 Å². The molecule has 0 unspecified atom stereocenters. The molecule has 4 heteroatoms. The molecule has 1 saturated heterocycles. The molecule has 4 nitrogen and oxygen atoms in total. The highest BCUT2D eigenvalue weighted by molar-refractivity contribution is 5.75. The molecule has 0 aromatic heterocycles. The fourth-order valence-corrected chi connectivity index (χ4v) is 1.14. The van der Waals surface area contributed by atoms with Crippen molar-refractivity contribution in [1.29, 1.82) is 0 Å². The first-order valence-corrected chi connectivity index (χ1v) is 4.48. The Hall–Kier alpha value is -0.610. The maximum Gasteiger partial charge on any atom is 0.247 e. The standard InChI is InChI=1S/C8H16N2O2/c1-2-9-5-4-8(11)10-6-3-7-12-10/h9H,2-7H2,1H3. The zero-order chi connectivity index (χ0) is 8.81. The summed E-state index contributed by atoms with van der Waals surface area (Å²) >= 11 is 0. The third-order valence-electron chi connectivity index (χ3n) is 1.80. The zero-order valence-electron chi connectivity index (χ0n) is 7.51.